The number of carboxylic acid groups (broad SMARTS) is 1. The molecule has 92 valence electrons. The molecule has 1 aromatic rings. The number of hydrogen-bond donors (Lipinski definition) is 2. The summed E-state index contributed by atoms with van der Waals surface area (Å²) in [7, 11) is 0. The Bertz CT molecular complexity index is 481. The summed E-state index contributed by atoms with van der Waals surface area (Å²) in [5.74, 6) is -0.667. The molecule has 0 fully saturated rings. The van der Waals surface area contributed by atoms with Gasteiger partial charge in [-0.05, 0) is 41.9 Å². The molecular formula is C10H10BrNO4S. The number of carboxylic acids is 1. The highest BCUT2D eigenvalue weighted by molar-refractivity contribution is 9.11. The number of allylic oxidation sites excluding steroid dienone is 2. The van der Waals surface area contributed by atoms with Crippen LogP contribution in [0.2, 0.25) is 0 Å². The molecule has 5 nitrogen and oxygen atoms in total. The Morgan fingerprint density at radius 3 is 2.76 bits per heavy atom. The molecule has 1 heterocycles. The van der Waals surface area contributed by atoms with Gasteiger partial charge in [0.1, 0.15) is 10.8 Å². The van der Waals surface area contributed by atoms with E-state index >= 15 is 0 Å². The Labute approximate surface area is 110 Å². The Balaban J connectivity index is 2.81. The molecule has 0 aliphatic rings. The van der Waals surface area contributed by atoms with Crippen molar-refractivity contribution in [3.63, 3.8) is 0 Å². The quantitative estimate of drug-likeness (QED) is 0.833. The predicted octanol–water partition coefficient (Wildman–Crippen LogP) is 3.68. The van der Waals surface area contributed by atoms with Crippen LogP contribution in [0.25, 0.3) is 0 Å². The van der Waals surface area contributed by atoms with Crippen molar-refractivity contribution in [2.24, 2.45) is 0 Å². The fourth-order valence-corrected chi connectivity index (χ4v) is 2.41. The number of ether oxygens (including phenoxy) is 1. The van der Waals surface area contributed by atoms with Crippen LogP contribution in [-0.2, 0) is 4.74 Å². The van der Waals surface area contributed by atoms with E-state index in [9.17, 15) is 9.59 Å². The Hall–Kier alpha value is -1.34. The van der Waals surface area contributed by atoms with Gasteiger partial charge in [-0.2, -0.15) is 0 Å². The molecule has 1 aromatic heterocycles. The maximum Gasteiger partial charge on any atom is 0.417 e. The molecule has 7 heteroatoms. The lowest BCUT2D eigenvalue weighted by molar-refractivity contribution is 0.0698. The summed E-state index contributed by atoms with van der Waals surface area (Å²) in [5.41, 5.74) is 0.0250. The van der Waals surface area contributed by atoms with Crippen LogP contribution >= 0.6 is 27.3 Å². The van der Waals surface area contributed by atoms with Crippen molar-refractivity contribution in [3.8, 4) is 0 Å². The molecule has 0 unspecified atom stereocenters. The number of carbonyl (C=O) groups excluding carboxylic acids is 1. The molecule has 1 amide bonds. The lowest BCUT2D eigenvalue weighted by Gasteiger charge is -2.05. The van der Waals surface area contributed by atoms with Crippen LogP contribution in [0.1, 0.15) is 24.2 Å². The van der Waals surface area contributed by atoms with Crippen molar-refractivity contribution >= 4 is 44.3 Å². The van der Waals surface area contributed by atoms with Crippen molar-refractivity contribution in [3.05, 3.63) is 27.3 Å². The van der Waals surface area contributed by atoms with Gasteiger partial charge in [0.15, 0.2) is 0 Å². The van der Waals surface area contributed by atoms with Crippen molar-refractivity contribution in [1.82, 2.24) is 0 Å². The molecule has 0 saturated heterocycles. The highest BCUT2D eigenvalue weighted by Crippen LogP contribution is 2.32. The summed E-state index contributed by atoms with van der Waals surface area (Å²) in [4.78, 5) is 22.3. The maximum atomic E-state index is 11.4. The van der Waals surface area contributed by atoms with Gasteiger partial charge in [0.2, 0.25) is 0 Å². The molecule has 0 radical (unpaired) electrons. The largest absolute Gasteiger partial charge is 0.478 e. The molecule has 0 atom stereocenters. The minimum Gasteiger partial charge on any atom is -0.478 e. The van der Waals surface area contributed by atoms with Gasteiger partial charge in [0.05, 0.1) is 9.35 Å². The maximum absolute atomic E-state index is 11.4. The minimum absolute atomic E-state index is 0.0250. The third-order valence-corrected chi connectivity index (χ3v) is 3.36. The lowest BCUT2D eigenvalue weighted by atomic mass is 10.3. The highest BCUT2D eigenvalue weighted by Gasteiger charge is 2.17. The molecule has 0 aromatic carbocycles. The zero-order valence-electron chi connectivity index (χ0n) is 9.11. The number of hydrogen-bond acceptors (Lipinski definition) is 4. The molecule has 0 spiro atoms. The summed E-state index contributed by atoms with van der Waals surface area (Å²) in [6.07, 6.45) is 0.916. The number of rotatable bonds is 3. The van der Waals surface area contributed by atoms with E-state index in [4.69, 9.17) is 9.84 Å². The van der Waals surface area contributed by atoms with E-state index in [0.717, 1.165) is 11.3 Å². The predicted molar refractivity (Wildman–Crippen MR) is 68.5 cm³/mol. The average Bonchev–Trinajstić information content (AvgIpc) is 2.59. The number of nitrogens with one attached hydrogen (secondary N) is 1. The summed E-state index contributed by atoms with van der Waals surface area (Å²) in [6.45, 7) is 3.36. The van der Waals surface area contributed by atoms with Crippen LogP contribution < -0.4 is 5.32 Å². The zero-order valence-corrected chi connectivity index (χ0v) is 11.5. The van der Waals surface area contributed by atoms with Gasteiger partial charge in [0.25, 0.3) is 0 Å². The monoisotopic (exact) mass is 319 g/mol. The second-order valence-corrected chi connectivity index (χ2v) is 5.44. The van der Waals surface area contributed by atoms with Crippen molar-refractivity contribution < 1.29 is 19.4 Å². The van der Waals surface area contributed by atoms with E-state index in [2.05, 4.69) is 21.2 Å². The van der Waals surface area contributed by atoms with E-state index in [0.29, 0.717) is 9.55 Å². The highest BCUT2D eigenvalue weighted by atomic mass is 79.9. The Morgan fingerprint density at radius 2 is 2.24 bits per heavy atom. The molecule has 0 bridgehead atoms. The fraction of sp³-hybridized carbons (Fsp3) is 0.200. The van der Waals surface area contributed by atoms with Crippen molar-refractivity contribution in [2.45, 2.75) is 13.8 Å². The van der Waals surface area contributed by atoms with Gasteiger partial charge in [0, 0.05) is 0 Å². The first-order valence-corrected chi connectivity index (χ1v) is 6.19. The van der Waals surface area contributed by atoms with Crippen LogP contribution in [0.4, 0.5) is 9.80 Å². The number of aromatic carboxylic acids is 1. The summed E-state index contributed by atoms with van der Waals surface area (Å²) in [6, 6.07) is 1.42. The third kappa shape index (κ3) is 3.86. The van der Waals surface area contributed by atoms with Gasteiger partial charge in [-0.25, -0.2) is 9.59 Å². The van der Waals surface area contributed by atoms with E-state index in [1.54, 1.807) is 19.9 Å². The molecule has 0 saturated carbocycles. The standard InChI is InChI=1S/C10H10BrNO4S/c1-3-5(2)16-10(15)12-8-6(9(13)14)4-7(11)17-8/h3-4H,1-2H3,(H,12,15)(H,13,14)/b5-3+. The average molecular weight is 320 g/mol. The number of thiophene rings is 1. The normalized spacial score (nSPS) is 11.1. The van der Waals surface area contributed by atoms with Gasteiger partial charge >= 0.3 is 12.1 Å². The Morgan fingerprint density at radius 1 is 1.59 bits per heavy atom. The number of halogens is 1. The first kappa shape index (κ1) is 13.7. The molecule has 17 heavy (non-hydrogen) atoms. The second-order valence-electron chi connectivity index (χ2n) is 3.01. The fourth-order valence-electron chi connectivity index (χ4n) is 0.936. The third-order valence-electron chi connectivity index (χ3n) is 1.81. The second kappa shape index (κ2) is 5.83. The SMILES string of the molecule is C/C=C(\C)OC(=O)Nc1sc(Br)cc1C(=O)O. The van der Waals surface area contributed by atoms with Gasteiger partial charge in [-0.1, -0.05) is 0 Å². The van der Waals surface area contributed by atoms with Gasteiger partial charge < -0.3 is 9.84 Å². The summed E-state index contributed by atoms with van der Waals surface area (Å²) in [5, 5.41) is 11.5. The van der Waals surface area contributed by atoms with Crippen LogP contribution in [0.3, 0.4) is 0 Å². The molecule has 1 rings (SSSR count). The number of amides is 1. The van der Waals surface area contributed by atoms with Crippen LogP contribution in [-0.4, -0.2) is 17.2 Å². The molecular weight excluding hydrogens is 310 g/mol. The lowest BCUT2D eigenvalue weighted by Crippen LogP contribution is -2.13. The summed E-state index contributed by atoms with van der Waals surface area (Å²) >= 11 is 4.27. The topological polar surface area (TPSA) is 75.6 Å². The molecule has 0 aliphatic heterocycles. The number of carbonyl (C=O) groups is 2. The van der Waals surface area contributed by atoms with Crippen molar-refractivity contribution in [1.29, 1.82) is 0 Å². The molecule has 2 N–H and O–H groups in total. The van der Waals surface area contributed by atoms with Crippen LogP contribution in [0.15, 0.2) is 21.7 Å². The number of anilines is 1. The Kier molecular flexibility index (Phi) is 4.71. The minimum atomic E-state index is -1.11. The van der Waals surface area contributed by atoms with E-state index < -0.39 is 12.1 Å². The smallest absolute Gasteiger partial charge is 0.417 e. The summed E-state index contributed by atoms with van der Waals surface area (Å²) < 4.78 is 5.48. The van der Waals surface area contributed by atoms with E-state index in [-0.39, 0.29) is 10.6 Å². The van der Waals surface area contributed by atoms with Gasteiger partial charge in [-0.3, -0.25) is 5.32 Å². The van der Waals surface area contributed by atoms with E-state index in [1.807, 2.05) is 0 Å². The van der Waals surface area contributed by atoms with Gasteiger partial charge in [-0.15, -0.1) is 11.3 Å². The first-order chi connectivity index (χ1) is 7.93. The molecule has 0 aliphatic carbocycles. The van der Waals surface area contributed by atoms with Crippen LogP contribution in [0, 0.1) is 0 Å². The van der Waals surface area contributed by atoms with E-state index in [1.165, 1.54) is 6.07 Å². The van der Waals surface area contributed by atoms with Crippen LogP contribution in [0.5, 0.6) is 0 Å². The van der Waals surface area contributed by atoms with Crippen molar-refractivity contribution in [2.75, 3.05) is 5.32 Å². The zero-order chi connectivity index (χ0) is 13.0. The first-order valence-electron chi connectivity index (χ1n) is 4.58.